The predicted octanol–water partition coefficient (Wildman–Crippen LogP) is 10.6. The molecule has 0 bridgehead atoms. The summed E-state index contributed by atoms with van der Waals surface area (Å²) < 4.78 is 39.0. The van der Waals surface area contributed by atoms with E-state index in [2.05, 4.69) is 76.3 Å². The molecule has 4 atom stereocenters. The number of benzene rings is 1. The van der Waals surface area contributed by atoms with Crippen molar-refractivity contribution in [3.8, 4) is 0 Å². The van der Waals surface area contributed by atoms with Crippen LogP contribution in [0.2, 0.25) is 0 Å². The third-order valence-corrected chi connectivity index (χ3v) is 15.6. The Balaban J connectivity index is 0.000000427. The van der Waals surface area contributed by atoms with Crippen LogP contribution in [0.15, 0.2) is 48.6 Å². The van der Waals surface area contributed by atoms with Gasteiger partial charge in [0.25, 0.3) is 0 Å². The normalized spacial score (nSPS) is 27.6. The zero-order chi connectivity index (χ0) is 27.3. The summed E-state index contributed by atoms with van der Waals surface area (Å²) in [4.78, 5) is 0. The third-order valence-electron chi connectivity index (χ3n) is 7.90. The molecule has 2 saturated heterocycles. The molecular weight excluding hydrogens is 612 g/mol. The van der Waals surface area contributed by atoms with Crippen LogP contribution in [-0.4, -0.2) is 29.9 Å². The maximum Gasteiger partial charge on any atom is 0.673 e. The van der Waals surface area contributed by atoms with Crippen LogP contribution < -0.4 is 10.6 Å². The van der Waals surface area contributed by atoms with Gasteiger partial charge in [-0.15, -0.1) is 0 Å². The minimum Gasteiger partial charge on any atom is -0.418 e. The SMILES string of the molecule is C1=C\CC/C=C\CC/1.CC[C@H]1CC[C@H](CC)P1c1ccccc1P1[C@@H](CC)CC[C@@H]1CC.F[B-](F)(F)F.[Rh]. The van der Waals surface area contributed by atoms with E-state index in [-0.39, 0.29) is 35.3 Å². The molecule has 2 fully saturated rings. The second-order valence-corrected chi connectivity index (χ2v) is 15.8. The van der Waals surface area contributed by atoms with Crippen molar-refractivity contribution in [1.82, 2.24) is 0 Å². The molecule has 219 valence electrons. The quantitative estimate of drug-likeness (QED) is 0.123. The average molecular weight is 660 g/mol. The van der Waals surface area contributed by atoms with Crippen LogP contribution in [0.5, 0.6) is 0 Å². The number of halogens is 4. The Bertz CT molecular complexity index is 730. The predicted molar refractivity (Wildman–Crippen MR) is 161 cm³/mol. The molecular formula is C30H48BF4P2Rh-. The topological polar surface area (TPSA) is 0 Å². The zero-order valence-corrected chi connectivity index (χ0v) is 27.2. The van der Waals surface area contributed by atoms with Crippen molar-refractivity contribution in [1.29, 1.82) is 0 Å². The van der Waals surface area contributed by atoms with Crippen molar-refractivity contribution in [2.45, 2.75) is 127 Å². The van der Waals surface area contributed by atoms with Gasteiger partial charge in [0.15, 0.2) is 0 Å². The van der Waals surface area contributed by atoms with E-state index in [0.717, 1.165) is 22.6 Å². The van der Waals surface area contributed by atoms with Crippen molar-refractivity contribution in [2.75, 3.05) is 0 Å². The number of hydrogen-bond donors (Lipinski definition) is 0. The Morgan fingerprint density at radius 2 is 0.816 bits per heavy atom. The molecule has 3 aliphatic rings. The van der Waals surface area contributed by atoms with Gasteiger partial charge in [0.05, 0.1) is 0 Å². The molecule has 1 aliphatic carbocycles. The van der Waals surface area contributed by atoms with E-state index in [1.165, 1.54) is 77.0 Å². The molecule has 4 rings (SSSR count). The van der Waals surface area contributed by atoms with Gasteiger partial charge in [0.1, 0.15) is 0 Å². The van der Waals surface area contributed by atoms with Crippen molar-refractivity contribution in [3.05, 3.63) is 48.6 Å². The van der Waals surface area contributed by atoms with Gasteiger partial charge in [-0.3, -0.25) is 0 Å². The van der Waals surface area contributed by atoms with Crippen LogP contribution in [0.1, 0.15) is 105 Å². The molecule has 0 saturated carbocycles. The number of rotatable bonds is 6. The van der Waals surface area contributed by atoms with Crippen LogP contribution in [0.3, 0.4) is 0 Å². The Labute approximate surface area is 245 Å². The first-order chi connectivity index (χ1) is 17.7. The van der Waals surface area contributed by atoms with Gasteiger partial charge in [0.2, 0.25) is 0 Å². The summed E-state index contributed by atoms with van der Waals surface area (Å²) in [6.45, 7) is 9.74. The first-order valence-corrected chi connectivity index (χ1v) is 17.5. The van der Waals surface area contributed by atoms with E-state index in [1.807, 2.05) is 10.6 Å². The van der Waals surface area contributed by atoms with Gasteiger partial charge in [-0.2, -0.15) is 0 Å². The molecule has 0 N–H and O–H groups in total. The van der Waals surface area contributed by atoms with E-state index in [0.29, 0.717) is 0 Å². The maximum atomic E-state index is 9.75. The Kier molecular flexibility index (Phi) is 18.1. The average Bonchev–Trinajstić information content (AvgIpc) is 3.46. The largest absolute Gasteiger partial charge is 0.673 e. The van der Waals surface area contributed by atoms with Crippen LogP contribution in [0.25, 0.3) is 0 Å². The van der Waals surface area contributed by atoms with E-state index < -0.39 is 7.25 Å². The monoisotopic (exact) mass is 660 g/mol. The van der Waals surface area contributed by atoms with Gasteiger partial charge >= 0.3 is 7.25 Å². The van der Waals surface area contributed by atoms with Gasteiger partial charge in [-0.05, 0) is 110 Å². The van der Waals surface area contributed by atoms with Crippen molar-refractivity contribution in [2.24, 2.45) is 0 Å². The van der Waals surface area contributed by atoms with Crippen molar-refractivity contribution >= 4 is 33.7 Å². The summed E-state index contributed by atoms with van der Waals surface area (Å²) >= 11 is 0. The fraction of sp³-hybridized carbons (Fsp3) is 0.667. The fourth-order valence-electron chi connectivity index (χ4n) is 6.07. The molecule has 1 aromatic carbocycles. The minimum atomic E-state index is -6.00. The number of allylic oxidation sites excluding steroid dienone is 4. The summed E-state index contributed by atoms with van der Waals surface area (Å²) in [7, 11) is -5.87. The summed E-state index contributed by atoms with van der Waals surface area (Å²) in [6.07, 6.45) is 25.5. The molecule has 1 aromatic rings. The van der Waals surface area contributed by atoms with E-state index in [9.17, 15) is 17.3 Å². The summed E-state index contributed by atoms with van der Waals surface area (Å²) in [5, 5.41) is 3.68. The molecule has 0 unspecified atom stereocenters. The smallest absolute Gasteiger partial charge is 0.418 e. The molecule has 0 spiro atoms. The first-order valence-electron chi connectivity index (χ1n) is 14.6. The van der Waals surface area contributed by atoms with Gasteiger partial charge in [-0.1, -0.05) is 92.1 Å². The van der Waals surface area contributed by atoms with E-state index in [4.69, 9.17) is 0 Å². The van der Waals surface area contributed by atoms with Crippen LogP contribution in [0.4, 0.5) is 17.3 Å². The van der Waals surface area contributed by atoms with Crippen LogP contribution >= 0.6 is 15.8 Å². The molecule has 2 heterocycles. The molecule has 0 amide bonds. The molecule has 0 aromatic heterocycles. The van der Waals surface area contributed by atoms with Crippen molar-refractivity contribution in [3.63, 3.8) is 0 Å². The molecule has 1 radical (unpaired) electrons. The van der Waals surface area contributed by atoms with E-state index in [1.54, 1.807) is 0 Å². The Morgan fingerprint density at radius 1 is 0.579 bits per heavy atom. The van der Waals surface area contributed by atoms with Gasteiger partial charge in [0, 0.05) is 19.5 Å². The molecule has 2 aliphatic heterocycles. The van der Waals surface area contributed by atoms with Crippen molar-refractivity contribution < 1.29 is 36.7 Å². The Morgan fingerprint density at radius 3 is 1.03 bits per heavy atom. The van der Waals surface area contributed by atoms with Crippen LogP contribution in [-0.2, 0) is 19.5 Å². The second-order valence-electron chi connectivity index (χ2n) is 10.3. The summed E-state index contributed by atoms with van der Waals surface area (Å²) in [5.41, 5.74) is 3.96. The van der Waals surface area contributed by atoms with Gasteiger partial charge in [-0.25, -0.2) is 0 Å². The maximum absolute atomic E-state index is 9.75. The summed E-state index contributed by atoms with van der Waals surface area (Å²) in [6, 6.07) is 9.79. The molecule has 8 heteroatoms. The third kappa shape index (κ3) is 11.8. The minimum absolute atomic E-state index is 0. The zero-order valence-electron chi connectivity index (χ0n) is 23.7. The number of hydrogen-bond acceptors (Lipinski definition) is 0. The summed E-state index contributed by atoms with van der Waals surface area (Å²) in [5.74, 6) is 0. The van der Waals surface area contributed by atoms with E-state index >= 15 is 0 Å². The standard InChI is InChI=1S/C22H36P2.C8H12.BF4.Rh/c1-5-17-13-14-18(6-2)23(17)21-11-9-10-12-22(21)24-19(7-3)15-16-20(24)8-4;1-2-4-6-8-7-5-3-1;2-1(3,4)5;/h9-12,17-20H,5-8,13-16H2,1-4H3;1-2,7-8H,3-6H2;;/q;;-1;/b;2-1-,8-7-;;/t17-,18-,19-,20-;;;/m0.../s1. The second kappa shape index (κ2) is 19.2. The van der Waals surface area contributed by atoms with Gasteiger partial charge < -0.3 is 17.3 Å². The van der Waals surface area contributed by atoms with Crippen LogP contribution in [0, 0.1) is 0 Å². The molecule has 38 heavy (non-hydrogen) atoms. The Hall–Kier alpha value is -0.0317. The first kappa shape index (κ1) is 36.0. The molecule has 0 nitrogen and oxygen atoms in total. The fourth-order valence-corrected chi connectivity index (χ4v) is 14.0.